The lowest BCUT2D eigenvalue weighted by Gasteiger charge is -2.09. The SMILES string of the molecule is O=C(O)C1=CC(=NNc2ccc(NC(=O)c3ccc(C(=O)Nc4ccc(NN=C5C=CC(=O)C(C(=O)O)=C5)cc4)cc3)cc2)C=CC1=O. The summed E-state index contributed by atoms with van der Waals surface area (Å²) in [5.74, 6) is -4.71. The van der Waals surface area contributed by atoms with Crippen molar-refractivity contribution in [2.24, 2.45) is 10.2 Å². The van der Waals surface area contributed by atoms with Crippen molar-refractivity contribution in [2.75, 3.05) is 21.5 Å². The van der Waals surface area contributed by atoms with Crippen molar-refractivity contribution in [3.05, 3.63) is 132 Å². The molecule has 5 rings (SSSR count). The topological polar surface area (TPSA) is 216 Å². The smallest absolute Gasteiger partial charge is 0.339 e. The van der Waals surface area contributed by atoms with Crippen LogP contribution in [0.2, 0.25) is 0 Å². The molecule has 14 nitrogen and oxygen atoms in total. The van der Waals surface area contributed by atoms with Gasteiger partial charge in [-0.2, -0.15) is 10.2 Å². The maximum absolute atomic E-state index is 12.8. The second kappa shape index (κ2) is 14.3. The Morgan fingerprint density at radius 1 is 0.479 bits per heavy atom. The number of carboxylic acid groups (broad SMARTS) is 2. The Balaban J connectivity index is 1.12. The fraction of sp³-hybridized carbons (Fsp3) is 0. The number of carbonyl (C=O) groups excluding carboxylic acids is 4. The predicted octanol–water partition coefficient (Wildman–Crippen LogP) is 4.03. The van der Waals surface area contributed by atoms with Crippen LogP contribution in [0.25, 0.3) is 0 Å². The fourth-order valence-electron chi connectivity index (χ4n) is 4.20. The third kappa shape index (κ3) is 8.08. The van der Waals surface area contributed by atoms with Crippen LogP contribution in [-0.4, -0.2) is 57.0 Å². The molecule has 0 radical (unpaired) electrons. The number of rotatable bonds is 10. The summed E-state index contributed by atoms with van der Waals surface area (Å²) in [5, 5.41) is 31.8. The van der Waals surface area contributed by atoms with E-state index >= 15 is 0 Å². The van der Waals surface area contributed by atoms with Crippen molar-refractivity contribution in [2.45, 2.75) is 0 Å². The lowest BCUT2D eigenvalue weighted by molar-refractivity contribution is -0.135. The number of carbonyl (C=O) groups is 6. The van der Waals surface area contributed by atoms with Gasteiger partial charge < -0.3 is 20.8 Å². The van der Waals surface area contributed by atoms with E-state index in [1.54, 1.807) is 48.5 Å². The maximum Gasteiger partial charge on any atom is 0.339 e. The first kappa shape index (κ1) is 32.2. The predicted molar refractivity (Wildman–Crippen MR) is 177 cm³/mol. The van der Waals surface area contributed by atoms with Gasteiger partial charge in [0, 0.05) is 22.5 Å². The number of carboxylic acids is 2. The largest absolute Gasteiger partial charge is 0.478 e. The highest BCUT2D eigenvalue weighted by atomic mass is 16.4. The molecular weight excluding hydrogens is 620 g/mol. The van der Waals surface area contributed by atoms with E-state index in [0.29, 0.717) is 33.9 Å². The lowest BCUT2D eigenvalue weighted by atomic mass is 10.0. The van der Waals surface area contributed by atoms with Crippen molar-refractivity contribution < 1.29 is 39.0 Å². The number of amides is 2. The summed E-state index contributed by atoms with van der Waals surface area (Å²) in [6.07, 6.45) is 7.36. The van der Waals surface area contributed by atoms with E-state index in [-0.39, 0.29) is 22.6 Å². The molecule has 2 aliphatic rings. The van der Waals surface area contributed by atoms with Gasteiger partial charge in [-0.3, -0.25) is 30.0 Å². The number of nitrogens with zero attached hydrogens (tertiary/aromatic N) is 2. The quantitative estimate of drug-likeness (QED) is 0.106. The average molecular weight is 645 g/mol. The van der Waals surface area contributed by atoms with E-state index < -0.39 is 35.3 Å². The number of hydrogen-bond acceptors (Lipinski definition) is 10. The van der Waals surface area contributed by atoms with Crippen LogP contribution in [0, 0.1) is 0 Å². The van der Waals surface area contributed by atoms with Crippen molar-refractivity contribution >= 4 is 69.5 Å². The van der Waals surface area contributed by atoms with Crippen molar-refractivity contribution in [3.63, 3.8) is 0 Å². The molecule has 2 amide bonds. The first-order chi connectivity index (χ1) is 23.0. The van der Waals surface area contributed by atoms with E-state index in [9.17, 15) is 28.8 Å². The molecule has 6 N–H and O–H groups in total. The van der Waals surface area contributed by atoms with Crippen molar-refractivity contribution in [1.29, 1.82) is 0 Å². The van der Waals surface area contributed by atoms with Crippen LogP contribution in [0.5, 0.6) is 0 Å². The molecule has 238 valence electrons. The summed E-state index contributed by atoms with van der Waals surface area (Å²) in [5.41, 5.74) is 7.99. The normalized spacial score (nSPS) is 15.4. The van der Waals surface area contributed by atoms with Gasteiger partial charge in [0.05, 0.1) is 22.8 Å². The number of aliphatic carboxylic acids is 2. The monoisotopic (exact) mass is 644 g/mol. The zero-order valence-corrected chi connectivity index (χ0v) is 24.6. The Hall–Kier alpha value is -7.22. The minimum atomic E-state index is -1.34. The number of allylic oxidation sites excluding steroid dienone is 6. The molecule has 0 aliphatic heterocycles. The van der Waals surface area contributed by atoms with Crippen LogP contribution in [0.3, 0.4) is 0 Å². The summed E-state index contributed by atoms with van der Waals surface area (Å²) in [7, 11) is 0. The van der Waals surface area contributed by atoms with E-state index in [0.717, 1.165) is 24.3 Å². The van der Waals surface area contributed by atoms with Gasteiger partial charge in [0.25, 0.3) is 11.8 Å². The molecule has 0 saturated heterocycles. The molecule has 3 aromatic rings. The number of nitrogens with one attached hydrogen (secondary N) is 4. The highest BCUT2D eigenvalue weighted by molar-refractivity contribution is 6.30. The highest BCUT2D eigenvalue weighted by Crippen LogP contribution is 2.18. The second-order valence-electron chi connectivity index (χ2n) is 10.1. The molecule has 2 aliphatic carbocycles. The van der Waals surface area contributed by atoms with Crippen LogP contribution in [-0.2, 0) is 19.2 Å². The summed E-state index contributed by atoms with van der Waals surface area (Å²) >= 11 is 0. The minimum absolute atomic E-state index is 0.254. The van der Waals surface area contributed by atoms with Crippen molar-refractivity contribution in [1.82, 2.24) is 0 Å². The second-order valence-corrected chi connectivity index (χ2v) is 10.1. The first-order valence-electron chi connectivity index (χ1n) is 14.0. The Kier molecular flexibility index (Phi) is 9.56. The molecule has 0 atom stereocenters. The maximum atomic E-state index is 12.8. The molecule has 0 saturated carbocycles. The molecule has 0 bridgehead atoms. The number of hydrazone groups is 2. The lowest BCUT2D eigenvalue weighted by Crippen LogP contribution is -2.16. The molecular formula is C34H24N6O8. The Morgan fingerprint density at radius 3 is 1.15 bits per heavy atom. The Bertz CT molecular complexity index is 1870. The number of hydrogen-bond donors (Lipinski definition) is 6. The number of anilines is 4. The third-order valence-electron chi connectivity index (χ3n) is 6.71. The summed E-state index contributed by atoms with van der Waals surface area (Å²) in [4.78, 5) is 71.0. The summed E-state index contributed by atoms with van der Waals surface area (Å²) in [6.45, 7) is 0. The van der Waals surface area contributed by atoms with Gasteiger partial charge in [-0.1, -0.05) is 0 Å². The van der Waals surface area contributed by atoms with Gasteiger partial charge in [-0.15, -0.1) is 0 Å². The van der Waals surface area contributed by atoms with E-state index in [2.05, 4.69) is 31.7 Å². The zero-order chi connectivity index (χ0) is 34.2. The summed E-state index contributed by atoms with van der Waals surface area (Å²) < 4.78 is 0. The fourth-order valence-corrected chi connectivity index (χ4v) is 4.20. The standard InChI is InChI=1S/C34H24N6O8/c41-29-15-13-25(17-27(29)33(45)46)39-37-23-9-5-21(6-10-23)35-31(43)19-1-2-20(4-3-19)32(44)36-22-7-11-24(12-8-22)38-40-26-14-16-30(42)28(18-26)34(47)48/h1-18,37-38H,(H,35,43)(H,36,44)(H,45,46)(H,47,48). The first-order valence-corrected chi connectivity index (χ1v) is 14.0. The van der Waals surface area contributed by atoms with Crippen LogP contribution in [0.4, 0.5) is 22.7 Å². The molecule has 0 fully saturated rings. The van der Waals surface area contributed by atoms with Gasteiger partial charge in [0.2, 0.25) is 0 Å². The number of benzene rings is 3. The minimum Gasteiger partial charge on any atom is -0.478 e. The Morgan fingerprint density at radius 2 is 0.812 bits per heavy atom. The Labute approximate surface area is 271 Å². The molecule has 48 heavy (non-hydrogen) atoms. The molecule has 0 spiro atoms. The molecule has 0 unspecified atom stereocenters. The van der Waals surface area contributed by atoms with Crippen LogP contribution < -0.4 is 21.5 Å². The van der Waals surface area contributed by atoms with Gasteiger partial charge >= 0.3 is 11.9 Å². The van der Waals surface area contributed by atoms with Gasteiger partial charge in [0.1, 0.15) is 11.1 Å². The van der Waals surface area contributed by atoms with E-state index in [4.69, 9.17) is 10.2 Å². The molecule has 0 heterocycles. The highest BCUT2D eigenvalue weighted by Gasteiger charge is 2.20. The molecule has 3 aromatic carbocycles. The number of ketones is 2. The van der Waals surface area contributed by atoms with Gasteiger partial charge in [-0.25, -0.2) is 9.59 Å². The van der Waals surface area contributed by atoms with Gasteiger partial charge in [0.15, 0.2) is 11.6 Å². The van der Waals surface area contributed by atoms with Crippen LogP contribution in [0.15, 0.2) is 131 Å². The molecule has 0 aromatic heterocycles. The van der Waals surface area contributed by atoms with Crippen LogP contribution in [0.1, 0.15) is 20.7 Å². The van der Waals surface area contributed by atoms with Gasteiger partial charge in [-0.05, 0) is 109 Å². The average Bonchev–Trinajstić information content (AvgIpc) is 3.08. The zero-order valence-electron chi connectivity index (χ0n) is 24.6. The van der Waals surface area contributed by atoms with E-state index in [1.165, 1.54) is 36.4 Å². The third-order valence-corrected chi connectivity index (χ3v) is 6.71. The summed E-state index contributed by atoms with van der Waals surface area (Å²) in [6, 6.07) is 19.2. The van der Waals surface area contributed by atoms with Crippen molar-refractivity contribution in [3.8, 4) is 0 Å². The van der Waals surface area contributed by atoms with E-state index in [1.807, 2.05) is 0 Å². The molecule has 14 heteroatoms. The van der Waals surface area contributed by atoms with Crippen LogP contribution >= 0.6 is 0 Å².